The van der Waals surface area contributed by atoms with Crippen molar-refractivity contribution in [2.45, 2.75) is 309 Å². The van der Waals surface area contributed by atoms with Crippen LogP contribution in [0.1, 0.15) is 303 Å². The van der Waals surface area contributed by atoms with Gasteiger partial charge in [0.2, 0.25) is 0 Å². The van der Waals surface area contributed by atoms with Crippen molar-refractivity contribution in [2.75, 3.05) is 13.2 Å². The van der Waals surface area contributed by atoms with E-state index in [9.17, 15) is 14.4 Å². The smallest absolute Gasteiger partial charge is 0.306 e. The van der Waals surface area contributed by atoms with Crippen LogP contribution in [0.3, 0.4) is 0 Å². The molecule has 1 unspecified atom stereocenters. The molecule has 6 heteroatoms. The zero-order valence-corrected chi connectivity index (χ0v) is 40.1. The molecule has 0 aromatic rings. The van der Waals surface area contributed by atoms with Crippen LogP contribution in [0.4, 0.5) is 0 Å². The van der Waals surface area contributed by atoms with E-state index in [1.165, 1.54) is 205 Å². The number of hydrogen-bond donors (Lipinski definition) is 0. The molecule has 0 amide bonds. The predicted octanol–water partition coefficient (Wildman–Crippen LogP) is 17.2. The molecule has 1 atom stereocenters. The van der Waals surface area contributed by atoms with E-state index in [-0.39, 0.29) is 31.1 Å². The van der Waals surface area contributed by atoms with Gasteiger partial charge in [-0.2, -0.15) is 0 Å². The van der Waals surface area contributed by atoms with Gasteiger partial charge in [0.15, 0.2) is 6.10 Å². The van der Waals surface area contributed by atoms with Crippen LogP contribution in [0.5, 0.6) is 0 Å². The number of carbonyl (C=O) groups excluding carboxylic acids is 3. The van der Waals surface area contributed by atoms with Gasteiger partial charge in [0, 0.05) is 19.3 Å². The highest BCUT2D eigenvalue weighted by molar-refractivity contribution is 5.71. The first-order chi connectivity index (χ1) is 29.0. The monoisotopic (exact) mass is 835 g/mol. The van der Waals surface area contributed by atoms with Crippen molar-refractivity contribution in [3.8, 4) is 0 Å². The number of esters is 3. The summed E-state index contributed by atoms with van der Waals surface area (Å²) in [5.74, 6) is -0.841. The Labute approximate surface area is 368 Å². The van der Waals surface area contributed by atoms with Crippen molar-refractivity contribution < 1.29 is 28.6 Å². The zero-order chi connectivity index (χ0) is 43.0. The molecule has 0 saturated carbocycles. The zero-order valence-electron chi connectivity index (χ0n) is 40.1. The van der Waals surface area contributed by atoms with Gasteiger partial charge in [0.05, 0.1) is 0 Å². The van der Waals surface area contributed by atoms with Gasteiger partial charge in [-0.15, -0.1) is 0 Å². The summed E-state index contributed by atoms with van der Waals surface area (Å²) in [6.07, 6.45) is 52.3. The predicted molar refractivity (Wildman–Crippen MR) is 252 cm³/mol. The summed E-state index contributed by atoms with van der Waals surface area (Å²) >= 11 is 0. The summed E-state index contributed by atoms with van der Waals surface area (Å²) < 4.78 is 16.8. The van der Waals surface area contributed by atoms with Gasteiger partial charge in [-0.25, -0.2) is 0 Å². The molecular weight excluding hydrogens is 733 g/mol. The molecule has 0 radical (unpaired) electrons. The second-order valence-electron chi connectivity index (χ2n) is 18.2. The molecule has 0 rings (SSSR count). The lowest BCUT2D eigenvalue weighted by Gasteiger charge is -2.18. The molecule has 0 heterocycles. The topological polar surface area (TPSA) is 78.9 Å². The van der Waals surface area contributed by atoms with Gasteiger partial charge in [-0.05, 0) is 19.3 Å². The minimum absolute atomic E-state index is 0.0617. The number of rotatable bonds is 49. The Hall–Kier alpha value is -1.59. The fraction of sp³-hybridized carbons (Fsp3) is 0.943. The second kappa shape index (κ2) is 49.1. The Morgan fingerprint density at radius 3 is 0.678 bits per heavy atom. The third kappa shape index (κ3) is 47.3. The van der Waals surface area contributed by atoms with Crippen LogP contribution >= 0.6 is 0 Å². The molecule has 350 valence electrons. The summed E-state index contributed by atoms with van der Waals surface area (Å²) in [4.78, 5) is 37.9. The normalized spacial score (nSPS) is 11.8. The van der Waals surface area contributed by atoms with Gasteiger partial charge in [-0.1, -0.05) is 265 Å². The van der Waals surface area contributed by atoms with Crippen molar-refractivity contribution >= 4 is 17.9 Å². The largest absolute Gasteiger partial charge is 0.462 e. The molecule has 0 fully saturated rings. The lowest BCUT2D eigenvalue weighted by Crippen LogP contribution is -2.30. The van der Waals surface area contributed by atoms with Crippen molar-refractivity contribution in [1.29, 1.82) is 0 Å². The maximum absolute atomic E-state index is 12.8. The first-order valence-corrected chi connectivity index (χ1v) is 26.5. The highest BCUT2D eigenvalue weighted by atomic mass is 16.6. The van der Waals surface area contributed by atoms with E-state index in [4.69, 9.17) is 14.2 Å². The fourth-order valence-corrected chi connectivity index (χ4v) is 8.09. The van der Waals surface area contributed by atoms with E-state index < -0.39 is 6.10 Å². The Morgan fingerprint density at radius 2 is 0.458 bits per heavy atom. The van der Waals surface area contributed by atoms with Crippen LogP contribution in [0.25, 0.3) is 0 Å². The summed E-state index contributed by atoms with van der Waals surface area (Å²) in [6, 6.07) is 0. The van der Waals surface area contributed by atoms with Crippen LogP contribution in [0, 0.1) is 0 Å². The molecular formula is C53H102O6. The number of hydrogen-bond acceptors (Lipinski definition) is 6. The summed E-state index contributed by atoms with van der Waals surface area (Å²) in [5, 5.41) is 0. The maximum Gasteiger partial charge on any atom is 0.306 e. The summed E-state index contributed by atoms with van der Waals surface area (Å²) in [6.45, 7) is 6.68. The van der Waals surface area contributed by atoms with E-state index in [0.29, 0.717) is 19.3 Å². The van der Waals surface area contributed by atoms with E-state index in [1.807, 2.05) is 0 Å². The van der Waals surface area contributed by atoms with Crippen LogP contribution in [0.15, 0.2) is 0 Å². The molecule has 0 N–H and O–H groups in total. The average molecular weight is 835 g/mol. The summed E-state index contributed by atoms with van der Waals surface area (Å²) in [5.41, 5.74) is 0. The van der Waals surface area contributed by atoms with Crippen LogP contribution in [0.2, 0.25) is 0 Å². The summed E-state index contributed by atoms with van der Waals surface area (Å²) in [7, 11) is 0. The second-order valence-corrected chi connectivity index (χ2v) is 18.2. The highest BCUT2D eigenvalue weighted by Gasteiger charge is 2.19. The third-order valence-corrected chi connectivity index (χ3v) is 12.1. The molecule has 6 nitrogen and oxygen atoms in total. The quantitative estimate of drug-likeness (QED) is 0.0345. The van der Waals surface area contributed by atoms with Gasteiger partial charge < -0.3 is 14.2 Å². The van der Waals surface area contributed by atoms with Gasteiger partial charge >= 0.3 is 17.9 Å². The van der Waals surface area contributed by atoms with Gasteiger partial charge in [-0.3, -0.25) is 14.4 Å². The standard InChI is InChI=1S/C53H102O6/c1-4-7-10-13-16-19-22-24-26-27-28-30-31-34-37-40-43-46-52(55)58-49-50(48-57-51(54)45-42-39-36-33-21-18-15-12-9-6-3)59-53(56)47-44-41-38-35-32-29-25-23-20-17-14-11-8-5-2/h50H,4-49H2,1-3H3. The van der Waals surface area contributed by atoms with E-state index in [2.05, 4.69) is 20.8 Å². The third-order valence-electron chi connectivity index (χ3n) is 12.1. The number of ether oxygens (including phenoxy) is 3. The number of carbonyl (C=O) groups is 3. The maximum atomic E-state index is 12.8. The Balaban J connectivity index is 4.26. The van der Waals surface area contributed by atoms with Crippen LogP contribution in [-0.2, 0) is 28.6 Å². The SMILES string of the molecule is CCCCCCCCCCCCCCCCCCCC(=O)OCC(COC(=O)CCCCCCCCCCCC)OC(=O)CCCCCCCCCCCCCCCC. The lowest BCUT2D eigenvalue weighted by atomic mass is 10.0. The van der Waals surface area contributed by atoms with Crippen molar-refractivity contribution in [3.05, 3.63) is 0 Å². The number of unbranched alkanes of at least 4 members (excludes halogenated alkanes) is 38. The minimum atomic E-state index is -0.759. The molecule has 0 aromatic heterocycles. The molecule has 0 aliphatic rings. The van der Waals surface area contributed by atoms with Crippen LogP contribution < -0.4 is 0 Å². The molecule has 0 aliphatic carbocycles. The van der Waals surface area contributed by atoms with E-state index >= 15 is 0 Å². The molecule has 0 aromatic carbocycles. The van der Waals surface area contributed by atoms with Crippen molar-refractivity contribution in [3.63, 3.8) is 0 Å². The Kier molecular flexibility index (Phi) is 47.7. The first kappa shape index (κ1) is 57.4. The molecule has 0 saturated heterocycles. The molecule has 0 bridgehead atoms. The highest BCUT2D eigenvalue weighted by Crippen LogP contribution is 2.17. The van der Waals surface area contributed by atoms with E-state index in [1.54, 1.807) is 0 Å². The first-order valence-electron chi connectivity index (χ1n) is 26.5. The molecule has 0 spiro atoms. The minimum Gasteiger partial charge on any atom is -0.462 e. The Bertz CT molecular complexity index is 874. The average Bonchev–Trinajstić information content (AvgIpc) is 3.23. The lowest BCUT2D eigenvalue weighted by molar-refractivity contribution is -0.167. The van der Waals surface area contributed by atoms with E-state index in [0.717, 1.165) is 57.8 Å². The van der Waals surface area contributed by atoms with Crippen molar-refractivity contribution in [2.24, 2.45) is 0 Å². The van der Waals surface area contributed by atoms with Crippen molar-refractivity contribution in [1.82, 2.24) is 0 Å². The molecule has 59 heavy (non-hydrogen) atoms. The van der Waals surface area contributed by atoms with Gasteiger partial charge in [0.25, 0.3) is 0 Å². The fourth-order valence-electron chi connectivity index (χ4n) is 8.09. The Morgan fingerprint density at radius 1 is 0.271 bits per heavy atom. The molecule has 0 aliphatic heterocycles. The van der Waals surface area contributed by atoms with Crippen LogP contribution in [-0.4, -0.2) is 37.2 Å². The van der Waals surface area contributed by atoms with Gasteiger partial charge in [0.1, 0.15) is 13.2 Å².